The molecular weight excluding hydrogens is 414 g/mol. The van der Waals surface area contributed by atoms with Crippen LogP contribution in [0.3, 0.4) is 0 Å². The minimum absolute atomic E-state index is 0.230. The smallest absolute Gasteiger partial charge is 0.333 e. The number of nitrogens with zero attached hydrogens (tertiary/aromatic N) is 1. The van der Waals surface area contributed by atoms with Gasteiger partial charge in [0.05, 0.1) is 19.9 Å². The normalized spacial score (nSPS) is 12.1. The molecule has 0 unspecified atom stereocenters. The van der Waals surface area contributed by atoms with Crippen molar-refractivity contribution >= 4 is 17.6 Å². The molecule has 0 saturated heterocycles. The van der Waals surface area contributed by atoms with E-state index in [9.17, 15) is 9.59 Å². The molecule has 174 valence electrons. The number of carboxylic acid groups (broad SMARTS) is 1. The maximum atomic E-state index is 13.4. The standard InChI is InChI=1S/C24H31NO7/c1-7-25(19-15-18(29-4)12-13-20(19)30-5)23(28)24(2,3)32-17-10-8-16(9-11-17)14-21(31-6)22(26)27/h8-13,15,21H,7,14H2,1-6H3,(H,26,27)/t21-/m0/s1. The van der Waals surface area contributed by atoms with Crippen molar-refractivity contribution in [2.24, 2.45) is 0 Å². The van der Waals surface area contributed by atoms with Crippen LogP contribution in [0.15, 0.2) is 42.5 Å². The van der Waals surface area contributed by atoms with E-state index in [4.69, 9.17) is 24.1 Å². The lowest BCUT2D eigenvalue weighted by Gasteiger charge is -2.32. The highest BCUT2D eigenvalue weighted by atomic mass is 16.5. The third kappa shape index (κ3) is 5.91. The van der Waals surface area contributed by atoms with Crippen LogP contribution in [0.25, 0.3) is 0 Å². The maximum absolute atomic E-state index is 13.4. The first-order chi connectivity index (χ1) is 15.2. The average molecular weight is 446 g/mol. The molecule has 0 aliphatic heterocycles. The van der Waals surface area contributed by atoms with Gasteiger partial charge in [0.15, 0.2) is 11.7 Å². The molecule has 2 aromatic carbocycles. The van der Waals surface area contributed by atoms with Crippen molar-refractivity contribution in [2.45, 2.75) is 38.9 Å². The summed E-state index contributed by atoms with van der Waals surface area (Å²) in [4.78, 5) is 26.2. The molecule has 0 saturated carbocycles. The van der Waals surface area contributed by atoms with Crippen LogP contribution in [0.4, 0.5) is 5.69 Å². The highest BCUT2D eigenvalue weighted by Crippen LogP contribution is 2.34. The number of likely N-dealkylation sites (N-methyl/N-ethyl adjacent to an activating group) is 1. The molecule has 0 bridgehead atoms. The Bertz CT molecular complexity index is 924. The van der Waals surface area contributed by atoms with Crippen molar-refractivity contribution < 1.29 is 33.6 Å². The lowest BCUT2D eigenvalue weighted by atomic mass is 10.1. The van der Waals surface area contributed by atoms with Gasteiger partial charge in [-0.3, -0.25) is 4.79 Å². The lowest BCUT2D eigenvalue weighted by Crippen LogP contribution is -2.49. The first-order valence-electron chi connectivity index (χ1n) is 10.2. The van der Waals surface area contributed by atoms with Gasteiger partial charge in [-0.2, -0.15) is 0 Å². The summed E-state index contributed by atoms with van der Waals surface area (Å²) in [5.41, 5.74) is 0.194. The van der Waals surface area contributed by atoms with E-state index in [2.05, 4.69) is 0 Å². The molecule has 0 aliphatic rings. The number of benzene rings is 2. The Labute approximate surface area is 188 Å². The van der Waals surface area contributed by atoms with Gasteiger partial charge in [0.1, 0.15) is 17.2 Å². The Balaban J connectivity index is 2.21. The Kier molecular flexibility index (Phi) is 8.48. The van der Waals surface area contributed by atoms with Gasteiger partial charge in [-0.1, -0.05) is 12.1 Å². The van der Waals surface area contributed by atoms with E-state index in [1.807, 2.05) is 6.92 Å². The summed E-state index contributed by atoms with van der Waals surface area (Å²) in [6.45, 7) is 5.67. The second-order valence-electron chi connectivity index (χ2n) is 7.61. The second-order valence-corrected chi connectivity index (χ2v) is 7.61. The van der Waals surface area contributed by atoms with Gasteiger partial charge in [0.25, 0.3) is 5.91 Å². The quantitative estimate of drug-likeness (QED) is 0.565. The van der Waals surface area contributed by atoms with E-state index in [-0.39, 0.29) is 12.3 Å². The largest absolute Gasteiger partial charge is 0.497 e. The molecule has 32 heavy (non-hydrogen) atoms. The molecule has 2 aromatic rings. The predicted octanol–water partition coefficient (Wildman–Crippen LogP) is 3.56. The Morgan fingerprint density at radius 2 is 1.62 bits per heavy atom. The number of methoxy groups -OCH3 is 3. The van der Waals surface area contributed by atoms with Crippen LogP contribution >= 0.6 is 0 Å². The summed E-state index contributed by atoms with van der Waals surface area (Å²) in [5.74, 6) is 0.377. The van der Waals surface area contributed by atoms with Crippen LogP contribution in [-0.4, -0.2) is 56.6 Å². The zero-order valence-corrected chi connectivity index (χ0v) is 19.4. The van der Waals surface area contributed by atoms with Crippen molar-refractivity contribution in [3.8, 4) is 17.2 Å². The number of anilines is 1. The number of hydrogen-bond donors (Lipinski definition) is 1. The summed E-state index contributed by atoms with van der Waals surface area (Å²) in [7, 11) is 4.47. The number of rotatable bonds is 11. The zero-order chi connectivity index (χ0) is 23.9. The van der Waals surface area contributed by atoms with Crippen molar-refractivity contribution in [3.05, 3.63) is 48.0 Å². The fourth-order valence-corrected chi connectivity index (χ4v) is 3.27. The third-order valence-corrected chi connectivity index (χ3v) is 5.03. The van der Waals surface area contributed by atoms with Gasteiger partial charge in [-0.25, -0.2) is 4.79 Å². The second kappa shape index (κ2) is 10.9. The third-order valence-electron chi connectivity index (χ3n) is 5.03. The Morgan fingerprint density at radius 1 is 1.00 bits per heavy atom. The molecule has 0 heterocycles. The van der Waals surface area contributed by atoms with E-state index in [1.165, 1.54) is 7.11 Å². The van der Waals surface area contributed by atoms with Crippen molar-refractivity contribution in [2.75, 3.05) is 32.8 Å². The molecule has 1 N–H and O–H groups in total. The van der Waals surface area contributed by atoms with Crippen LogP contribution in [0.1, 0.15) is 26.3 Å². The molecule has 0 aliphatic carbocycles. The van der Waals surface area contributed by atoms with Crippen LogP contribution in [0.5, 0.6) is 17.2 Å². The van der Waals surface area contributed by atoms with Gasteiger partial charge in [0.2, 0.25) is 0 Å². The Hall–Kier alpha value is -3.26. The molecule has 0 radical (unpaired) electrons. The number of carbonyl (C=O) groups is 2. The molecule has 8 nitrogen and oxygen atoms in total. The first-order valence-corrected chi connectivity index (χ1v) is 10.2. The number of carboxylic acids is 1. The van der Waals surface area contributed by atoms with E-state index < -0.39 is 17.7 Å². The SMILES string of the molecule is CCN(C(=O)C(C)(C)Oc1ccc(C[C@H](OC)C(=O)O)cc1)c1cc(OC)ccc1OC. The number of carbonyl (C=O) groups excluding carboxylic acids is 1. The highest BCUT2D eigenvalue weighted by Gasteiger charge is 2.35. The summed E-state index contributed by atoms with van der Waals surface area (Å²) < 4.78 is 21.7. The summed E-state index contributed by atoms with van der Waals surface area (Å²) in [5, 5.41) is 9.13. The highest BCUT2D eigenvalue weighted by molar-refractivity contribution is 6.00. The average Bonchev–Trinajstić information content (AvgIpc) is 2.78. The van der Waals surface area contributed by atoms with Crippen LogP contribution in [-0.2, 0) is 20.7 Å². The van der Waals surface area contributed by atoms with E-state index >= 15 is 0 Å². The molecule has 1 atom stereocenters. The van der Waals surface area contributed by atoms with Gasteiger partial charge < -0.3 is 29.0 Å². The summed E-state index contributed by atoms with van der Waals surface area (Å²) in [6, 6.07) is 12.2. The van der Waals surface area contributed by atoms with Crippen LogP contribution < -0.4 is 19.1 Å². The van der Waals surface area contributed by atoms with E-state index in [0.717, 1.165) is 5.56 Å². The predicted molar refractivity (Wildman–Crippen MR) is 121 cm³/mol. The Morgan fingerprint density at radius 3 is 2.12 bits per heavy atom. The van der Waals surface area contributed by atoms with Gasteiger partial charge in [-0.15, -0.1) is 0 Å². The van der Waals surface area contributed by atoms with Crippen LogP contribution in [0, 0.1) is 0 Å². The fourth-order valence-electron chi connectivity index (χ4n) is 3.27. The molecule has 0 aromatic heterocycles. The van der Waals surface area contributed by atoms with Crippen molar-refractivity contribution in [1.82, 2.24) is 0 Å². The fraction of sp³-hybridized carbons (Fsp3) is 0.417. The van der Waals surface area contributed by atoms with Crippen molar-refractivity contribution in [1.29, 1.82) is 0 Å². The van der Waals surface area contributed by atoms with Gasteiger partial charge in [-0.05, 0) is 50.6 Å². The first kappa shape index (κ1) is 25.0. The van der Waals surface area contributed by atoms with Crippen LogP contribution in [0.2, 0.25) is 0 Å². The number of hydrogen-bond acceptors (Lipinski definition) is 6. The van der Waals surface area contributed by atoms with E-state index in [0.29, 0.717) is 29.5 Å². The van der Waals surface area contributed by atoms with Gasteiger partial charge >= 0.3 is 5.97 Å². The minimum atomic E-state index is -1.18. The van der Waals surface area contributed by atoms with E-state index in [1.54, 1.807) is 75.4 Å². The van der Waals surface area contributed by atoms with Crippen molar-refractivity contribution in [3.63, 3.8) is 0 Å². The number of aliphatic carboxylic acids is 1. The molecule has 1 amide bonds. The van der Waals surface area contributed by atoms with Gasteiger partial charge in [0, 0.05) is 26.1 Å². The minimum Gasteiger partial charge on any atom is -0.497 e. The molecule has 2 rings (SSSR count). The zero-order valence-electron chi connectivity index (χ0n) is 19.4. The molecule has 0 fully saturated rings. The molecular formula is C24H31NO7. The lowest BCUT2D eigenvalue weighted by molar-refractivity contribution is -0.148. The molecule has 0 spiro atoms. The maximum Gasteiger partial charge on any atom is 0.333 e. The monoisotopic (exact) mass is 445 g/mol. The molecule has 8 heteroatoms. The summed E-state index contributed by atoms with van der Waals surface area (Å²) in [6.07, 6.45) is -0.691. The number of amides is 1. The number of ether oxygens (including phenoxy) is 4. The topological polar surface area (TPSA) is 94.5 Å². The summed E-state index contributed by atoms with van der Waals surface area (Å²) >= 11 is 0.